The summed E-state index contributed by atoms with van der Waals surface area (Å²) < 4.78 is 33.8. The summed E-state index contributed by atoms with van der Waals surface area (Å²) in [5.41, 5.74) is 0.217. The van der Waals surface area contributed by atoms with Gasteiger partial charge in [0, 0.05) is 30.6 Å². The molecule has 1 aromatic heterocycles. The largest absolute Gasteiger partial charge is 0.473 e. The minimum atomic E-state index is -3.84. The molecule has 0 atom stereocenters. The number of hydrogen-bond donors (Lipinski definition) is 1. The number of aryl methyl sites for hydroxylation is 1. The van der Waals surface area contributed by atoms with Gasteiger partial charge in [0.25, 0.3) is 5.69 Å². The summed E-state index contributed by atoms with van der Waals surface area (Å²) in [6.45, 7) is 1.62. The van der Waals surface area contributed by atoms with E-state index in [1.807, 2.05) is 0 Å². The summed E-state index contributed by atoms with van der Waals surface area (Å²) in [7, 11) is -3.84. The van der Waals surface area contributed by atoms with Gasteiger partial charge in [0.15, 0.2) is 0 Å². The van der Waals surface area contributed by atoms with Gasteiger partial charge in [-0.3, -0.25) is 15.1 Å². The van der Waals surface area contributed by atoms with Gasteiger partial charge in [0.1, 0.15) is 6.10 Å². The van der Waals surface area contributed by atoms with Crippen molar-refractivity contribution in [1.29, 1.82) is 0 Å². The normalized spacial score (nSPS) is 20.2. The van der Waals surface area contributed by atoms with E-state index in [2.05, 4.69) is 14.7 Å². The lowest BCUT2D eigenvalue weighted by atomic mass is 9.94. The second kappa shape index (κ2) is 7.97. The van der Waals surface area contributed by atoms with Gasteiger partial charge in [-0.15, -0.1) is 0 Å². The Labute approximate surface area is 157 Å². The fourth-order valence-electron chi connectivity index (χ4n) is 3.09. The van der Waals surface area contributed by atoms with Crippen molar-refractivity contribution < 1.29 is 18.1 Å². The molecule has 0 radical (unpaired) electrons. The van der Waals surface area contributed by atoms with E-state index in [-0.39, 0.29) is 22.7 Å². The number of ether oxygens (including phenoxy) is 1. The fraction of sp³-hybridized carbons (Fsp3) is 0.412. The summed E-state index contributed by atoms with van der Waals surface area (Å²) in [5.74, 6) is 0.453. The second-order valence-corrected chi connectivity index (χ2v) is 8.15. The van der Waals surface area contributed by atoms with Crippen molar-refractivity contribution in [3.8, 4) is 5.88 Å². The van der Waals surface area contributed by atoms with Gasteiger partial charge in [0.2, 0.25) is 15.9 Å². The summed E-state index contributed by atoms with van der Waals surface area (Å²) in [5, 5.41) is 10.9. The number of nitrogens with zero attached hydrogens (tertiary/aromatic N) is 3. The van der Waals surface area contributed by atoms with Gasteiger partial charge in [-0.1, -0.05) is 6.07 Å². The van der Waals surface area contributed by atoms with Crippen LogP contribution in [-0.4, -0.2) is 35.5 Å². The smallest absolute Gasteiger partial charge is 0.270 e. The molecule has 1 aliphatic rings. The second-order valence-electron chi connectivity index (χ2n) is 6.46. The zero-order chi connectivity index (χ0) is 19.4. The molecule has 1 heterocycles. The molecule has 144 valence electrons. The Morgan fingerprint density at radius 3 is 2.59 bits per heavy atom. The van der Waals surface area contributed by atoms with Gasteiger partial charge >= 0.3 is 0 Å². The lowest BCUT2D eigenvalue weighted by molar-refractivity contribution is -0.385. The Kier molecular flexibility index (Phi) is 5.66. The molecule has 2 aromatic rings. The monoisotopic (exact) mass is 392 g/mol. The first-order valence-corrected chi connectivity index (χ1v) is 10.0. The number of nitro groups is 1. The van der Waals surface area contributed by atoms with E-state index in [9.17, 15) is 18.5 Å². The van der Waals surface area contributed by atoms with Crippen molar-refractivity contribution >= 4 is 15.7 Å². The molecule has 0 bridgehead atoms. The molecule has 10 heteroatoms. The van der Waals surface area contributed by atoms with E-state index in [1.165, 1.54) is 12.1 Å². The number of hydrogen-bond acceptors (Lipinski definition) is 7. The molecule has 3 rings (SSSR count). The van der Waals surface area contributed by atoms with Gasteiger partial charge in [0.05, 0.1) is 16.0 Å². The molecule has 1 saturated carbocycles. The van der Waals surface area contributed by atoms with Crippen molar-refractivity contribution in [2.24, 2.45) is 0 Å². The van der Waals surface area contributed by atoms with Crippen molar-refractivity contribution in [3.05, 3.63) is 52.5 Å². The van der Waals surface area contributed by atoms with Crippen molar-refractivity contribution in [2.75, 3.05) is 0 Å². The number of aromatic nitrogens is 2. The van der Waals surface area contributed by atoms with Crippen LogP contribution in [0.3, 0.4) is 0 Å². The van der Waals surface area contributed by atoms with Gasteiger partial charge in [-0.05, 0) is 38.2 Å². The van der Waals surface area contributed by atoms with Gasteiger partial charge in [-0.25, -0.2) is 18.1 Å². The number of sulfonamides is 1. The fourth-order valence-corrected chi connectivity index (χ4v) is 4.66. The van der Waals surface area contributed by atoms with Gasteiger partial charge < -0.3 is 4.74 Å². The third-order valence-corrected chi connectivity index (χ3v) is 6.16. The predicted molar refractivity (Wildman–Crippen MR) is 96.9 cm³/mol. The number of nitrogens with one attached hydrogen (secondary N) is 1. The van der Waals surface area contributed by atoms with E-state index < -0.39 is 14.9 Å². The van der Waals surface area contributed by atoms with E-state index >= 15 is 0 Å². The molecule has 9 nitrogen and oxygen atoms in total. The molecule has 1 aromatic carbocycles. The predicted octanol–water partition coefficient (Wildman–Crippen LogP) is 2.36. The molecule has 27 heavy (non-hydrogen) atoms. The average Bonchev–Trinajstić information content (AvgIpc) is 2.64. The summed E-state index contributed by atoms with van der Waals surface area (Å²) in [6.07, 6.45) is 7.19. The molecule has 0 amide bonds. The Balaban J connectivity index is 1.63. The number of non-ortho nitro benzene ring substituents is 1. The Bertz CT molecular complexity index is 912. The van der Waals surface area contributed by atoms with Crippen LogP contribution in [0.15, 0.2) is 41.7 Å². The molecule has 0 saturated heterocycles. The molecule has 0 spiro atoms. The lowest BCUT2D eigenvalue weighted by Crippen LogP contribution is -2.39. The molecular formula is C17H20N4O5S. The van der Waals surface area contributed by atoms with E-state index in [1.54, 1.807) is 25.5 Å². The lowest BCUT2D eigenvalue weighted by Gasteiger charge is -2.29. The van der Waals surface area contributed by atoms with Crippen LogP contribution < -0.4 is 9.46 Å². The highest BCUT2D eigenvalue weighted by molar-refractivity contribution is 7.89. The number of benzene rings is 1. The zero-order valence-corrected chi connectivity index (χ0v) is 15.6. The summed E-state index contributed by atoms with van der Waals surface area (Å²) >= 11 is 0. The standard InChI is InChI=1S/C17H20N4O5S/c1-12-2-5-14(21(22)23)10-16(12)27(24,25)20-13-3-6-15(7-4-13)26-17-11-18-8-9-19-17/h2,5,8-11,13,15,20H,3-4,6-7H2,1H3. The highest BCUT2D eigenvalue weighted by Gasteiger charge is 2.28. The molecule has 1 aliphatic carbocycles. The summed E-state index contributed by atoms with van der Waals surface area (Å²) in [6, 6.07) is 3.60. The molecule has 0 unspecified atom stereocenters. The Hall–Kier alpha value is -2.59. The highest BCUT2D eigenvalue weighted by Crippen LogP contribution is 2.26. The maximum atomic E-state index is 12.7. The number of nitro benzene ring substituents is 1. The van der Waals surface area contributed by atoms with Crippen LogP contribution in [0.1, 0.15) is 31.2 Å². The zero-order valence-electron chi connectivity index (χ0n) is 14.7. The van der Waals surface area contributed by atoms with Crippen LogP contribution in [0.4, 0.5) is 5.69 Å². The van der Waals surface area contributed by atoms with Crippen LogP contribution in [0.25, 0.3) is 0 Å². The van der Waals surface area contributed by atoms with Gasteiger partial charge in [-0.2, -0.15) is 0 Å². The van der Waals surface area contributed by atoms with Crippen molar-refractivity contribution in [2.45, 2.75) is 49.6 Å². The minimum Gasteiger partial charge on any atom is -0.473 e. The van der Waals surface area contributed by atoms with Crippen LogP contribution in [0.2, 0.25) is 0 Å². The molecule has 1 fully saturated rings. The summed E-state index contributed by atoms with van der Waals surface area (Å²) in [4.78, 5) is 18.3. The van der Waals surface area contributed by atoms with Crippen LogP contribution in [0.5, 0.6) is 5.88 Å². The molecule has 1 N–H and O–H groups in total. The van der Waals surface area contributed by atoms with Crippen LogP contribution >= 0.6 is 0 Å². The first-order valence-electron chi connectivity index (χ1n) is 8.55. The molecular weight excluding hydrogens is 372 g/mol. The average molecular weight is 392 g/mol. The van der Waals surface area contributed by atoms with E-state index in [0.29, 0.717) is 37.1 Å². The quantitative estimate of drug-likeness (QED) is 0.591. The number of rotatable bonds is 6. The van der Waals surface area contributed by atoms with Crippen LogP contribution in [-0.2, 0) is 10.0 Å². The van der Waals surface area contributed by atoms with Crippen molar-refractivity contribution in [3.63, 3.8) is 0 Å². The SMILES string of the molecule is Cc1ccc([N+](=O)[O-])cc1S(=O)(=O)NC1CCC(Oc2cnccn2)CC1. The topological polar surface area (TPSA) is 124 Å². The van der Waals surface area contributed by atoms with Crippen molar-refractivity contribution in [1.82, 2.24) is 14.7 Å². The molecule has 0 aliphatic heterocycles. The third kappa shape index (κ3) is 4.77. The maximum absolute atomic E-state index is 12.7. The third-order valence-electron chi connectivity index (χ3n) is 4.49. The van der Waals surface area contributed by atoms with E-state index in [0.717, 1.165) is 6.07 Å². The van der Waals surface area contributed by atoms with Crippen LogP contribution in [0, 0.1) is 17.0 Å². The Morgan fingerprint density at radius 2 is 1.96 bits per heavy atom. The maximum Gasteiger partial charge on any atom is 0.270 e. The van der Waals surface area contributed by atoms with E-state index in [4.69, 9.17) is 4.74 Å². The minimum absolute atomic E-state index is 0.0398. The Morgan fingerprint density at radius 1 is 1.22 bits per heavy atom. The first-order chi connectivity index (χ1) is 12.8. The first kappa shape index (κ1) is 19.2. The highest BCUT2D eigenvalue weighted by atomic mass is 32.2.